The first-order chi connectivity index (χ1) is 7.15. The van der Waals surface area contributed by atoms with Crippen molar-refractivity contribution in [2.75, 3.05) is 13.1 Å². The minimum atomic E-state index is -0.184. The van der Waals surface area contributed by atoms with Crippen molar-refractivity contribution in [2.24, 2.45) is 5.73 Å². The van der Waals surface area contributed by atoms with Crippen LogP contribution in [-0.2, 0) is 6.54 Å². The first kappa shape index (κ1) is 13.9. The predicted molar refractivity (Wildman–Crippen MR) is 69.2 cm³/mol. The molecule has 0 aliphatic carbocycles. The van der Waals surface area contributed by atoms with Gasteiger partial charge in [-0.05, 0) is 30.2 Å². The molecule has 1 heterocycles. The van der Waals surface area contributed by atoms with Crippen LogP contribution in [0, 0.1) is 5.82 Å². The van der Waals surface area contributed by atoms with Gasteiger partial charge in [0.2, 0.25) is 0 Å². The summed E-state index contributed by atoms with van der Waals surface area (Å²) in [4.78, 5) is 2.25. The molecule has 1 saturated heterocycles. The molecule has 2 nitrogen and oxygen atoms in total. The van der Waals surface area contributed by atoms with Crippen LogP contribution < -0.4 is 5.73 Å². The lowest BCUT2D eigenvalue weighted by Crippen LogP contribution is -2.26. The summed E-state index contributed by atoms with van der Waals surface area (Å²) in [6.45, 7) is 2.68. The third kappa shape index (κ3) is 3.42. The molecule has 0 saturated carbocycles. The SMILES string of the molecule is Cl.N[C@@H]1CCN(Cc2cc(F)ccc2Br)C1. The molecule has 16 heavy (non-hydrogen) atoms. The summed E-state index contributed by atoms with van der Waals surface area (Å²) in [6.07, 6.45) is 1.03. The fourth-order valence-corrected chi connectivity index (χ4v) is 2.28. The minimum Gasteiger partial charge on any atom is -0.326 e. The van der Waals surface area contributed by atoms with Crippen LogP contribution in [0.15, 0.2) is 22.7 Å². The Morgan fingerprint density at radius 2 is 2.25 bits per heavy atom. The Kier molecular flexibility index (Phi) is 5.18. The maximum atomic E-state index is 13.0. The van der Waals surface area contributed by atoms with Crippen molar-refractivity contribution in [2.45, 2.75) is 19.0 Å². The molecule has 0 unspecified atom stereocenters. The van der Waals surface area contributed by atoms with E-state index in [1.165, 1.54) is 6.07 Å². The lowest BCUT2D eigenvalue weighted by molar-refractivity contribution is 0.325. The molecule has 1 fully saturated rings. The van der Waals surface area contributed by atoms with Gasteiger partial charge in [-0.15, -0.1) is 12.4 Å². The number of benzene rings is 1. The van der Waals surface area contributed by atoms with E-state index in [0.717, 1.165) is 36.1 Å². The van der Waals surface area contributed by atoms with Crippen LogP contribution >= 0.6 is 28.3 Å². The van der Waals surface area contributed by atoms with Crippen molar-refractivity contribution in [3.63, 3.8) is 0 Å². The van der Waals surface area contributed by atoms with Gasteiger partial charge in [0, 0.05) is 30.1 Å². The number of rotatable bonds is 2. The highest BCUT2D eigenvalue weighted by Gasteiger charge is 2.19. The first-order valence-corrected chi connectivity index (χ1v) is 5.86. The van der Waals surface area contributed by atoms with Gasteiger partial charge in [0.05, 0.1) is 0 Å². The van der Waals surface area contributed by atoms with Crippen LogP contribution in [0.25, 0.3) is 0 Å². The normalized spacial score (nSPS) is 20.8. The van der Waals surface area contributed by atoms with E-state index in [9.17, 15) is 4.39 Å². The van der Waals surface area contributed by atoms with Gasteiger partial charge in [0.1, 0.15) is 5.82 Å². The van der Waals surface area contributed by atoms with E-state index in [4.69, 9.17) is 5.73 Å². The Labute approximate surface area is 110 Å². The zero-order valence-electron chi connectivity index (χ0n) is 8.83. The average Bonchev–Trinajstić information content (AvgIpc) is 2.58. The summed E-state index contributed by atoms with van der Waals surface area (Å²) in [5.74, 6) is -0.184. The van der Waals surface area contributed by atoms with Crippen LogP contribution in [0.5, 0.6) is 0 Å². The number of halogens is 3. The van der Waals surface area contributed by atoms with Crippen LogP contribution in [0.1, 0.15) is 12.0 Å². The van der Waals surface area contributed by atoms with Gasteiger partial charge in [-0.3, -0.25) is 4.90 Å². The molecule has 1 aromatic rings. The molecular formula is C11H15BrClFN2. The van der Waals surface area contributed by atoms with E-state index in [1.54, 1.807) is 12.1 Å². The van der Waals surface area contributed by atoms with Crippen LogP contribution in [0.3, 0.4) is 0 Å². The molecule has 0 bridgehead atoms. The third-order valence-corrected chi connectivity index (χ3v) is 3.48. The van der Waals surface area contributed by atoms with Crippen molar-refractivity contribution in [3.05, 3.63) is 34.1 Å². The predicted octanol–water partition coefficient (Wildman–Crippen LogP) is 2.54. The van der Waals surface area contributed by atoms with Crippen LogP contribution in [0.2, 0.25) is 0 Å². The molecule has 90 valence electrons. The number of hydrogen-bond donors (Lipinski definition) is 1. The van der Waals surface area contributed by atoms with Gasteiger partial charge in [-0.1, -0.05) is 15.9 Å². The molecule has 2 rings (SSSR count). The summed E-state index contributed by atoms with van der Waals surface area (Å²) in [7, 11) is 0. The highest BCUT2D eigenvalue weighted by molar-refractivity contribution is 9.10. The van der Waals surface area contributed by atoms with E-state index < -0.39 is 0 Å². The van der Waals surface area contributed by atoms with Crippen LogP contribution in [0.4, 0.5) is 4.39 Å². The van der Waals surface area contributed by atoms with Crippen molar-refractivity contribution < 1.29 is 4.39 Å². The van der Waals surface area contributed by atoms with Gasteiger partial charge in [0.25, 0.3) is 0 Å². The Balaban J connectivity index is 0.00000128. The second-order valence-corrected chi connectivity index (χ2v) is 4.87. The largest absolute Gasteiger partial charge is 0.326 e. The molecule has 1 atom stereocenters. The summed E-state index contributed by atoms with van der Waals surface area (Å²) < 4.78 is 14.0. The smallest absolute Gasteiger partial charge is 0.123 e. The number of nitrogens with two attached hydrogens (primary N) is 1. The zero-order chi connectivity index (χ0) is 10.8. The summed E-state index contributed by atoms with van der Waals surface area (Å²) >= 11 is 3.43. The van der Waals surface area contributed by atoms with Gasteiger partial charge < -0.3 is 5.73 Å². The molecule has 1 aliphatic heterocycles. The first-order valence-electron chi connectivity index (χ1n) is 5.07. The fourth-order valence-electron chi connectivity index (χ4n) is 1.91. The molecular weight excluding hydrogens is 294 g/mol. The Morgan fingerprint density at radius 1 is 1.50 bits per heavy atom. The highest BCUT2D eigenvalue weighted by atomic mass is 79.9. The van der Waals surface area contributed by atoms with E-state index in [2.05, 4.69) is 20.8 Å². The second kappa shape index (κ2) is 5.96. The molecule has 1 aliphatic rings. The summed E-state index contributed by atoms with van der Waals surface area (Å²) in [6, 6.07) is 5.06. The van der Waals surface area contributed by atoms with Gasteiger partial charge in [-0.2, -0.15) is 0 Å². The molecule has 0 amide bonds. The van der Waals surface area contributed by atoms with E-state index in [0.29, 0.717) is 0 Å². The lowest BCUT2D eigenvalue weighted by atomic mass is 10.2. The quantitative estimate of drug-likeness (QED) is 0.910. The summed E-state index contributed by atoms with van der Waals surface area (Å²) in [5, 5.41) is 0. The zero-order valence-corrected chi connectivity index (χ0v) is 11.2. The monoisotopic (exact) mass is 308 g/mol. The number of hydrogen-bond acceptors (Lipinski definition) is 2. The molecule has 0 aromatic heterocycles. The minimum absolute atomic E-state index is 0. The van der Waals surface area contributed by atoms with Gasteiger partial charge in [-0.25, -0.2) is 4.39 Å². The average molecular weight is 310 g/mol. The van der Waals surface area contributed by atoms with E-state index in [-0.39, 0.29) is 24.3 Å². The van der Waals surface area contributed by atoms with E-state index in [1.807, 2.05) is 0 Å². The van der Waals surface area contributed by atoms with Crippen molar-refractivity contribution in [1.29, 1.82) is 0 Å². The van der Waals surface area contributed by atoms with E-state index >= 15 is 0 Å². The Hall–Kier alpha value is -0.160. The standard InChI is InChI=1S/C11H14BrFN2.ClH/c12-11-2-1-9(13)5-8(11)6-15-4-3-10(14)7-15;/h1-2,5,10H,3-4,6-7,14H2;1H/t10-;/m1./s1. The van der Waals surface area contributed by atoms with Crippen LogP contribution in [-0.4, -0.2) is 24.0 Å². The van der Waals surface area contributed by atoms with Gasteiger partial charge in [0.15, 0.2) is 0 Å². The topological polar surface area (TPSA) is 29.3 Å². The molecule has 2 N–H and O–H groups in total. The molecule has 0 radical (unpaired) electrons. The fraction of sp³-hybridized carbons (Fsp3) is 0.455. The maximum Gasteiger partial charge on any atom is 0.123 e. The van der Waals surface area contributed by atoms with Crippen molar-refractivity contribution in [1.82, 2.24) is 4.90 Å². The molecule has 1 aromatic carbocycles. The maximum absolute atomic E-state index is 13.0. The highest BCUT2D eigenvalue weighted by Crippen LogP contribution is 2.21. The van der Waals surface area contributed by atoms with Gasteiger partial charge >= 0.3 is 0 Å². The van der Waals surface area contributed by atoms with Crippen molar-refractivity contribution >= 4 is 28.3 Å². The number of nitrogens with zero attached hydrogens (tertiary/aromatic N) is 1. The summed E-state index contributed by atoms with van der Waals surface area (Å²) in [5.41, 5.74) is 6.81. The molecule has 5 heteroatoms. The Bertz CT molecular complexity index is 362. The Morgan fingerprint density at radius 3 is 2.88 bits per heavy atom. The number of likely N-dealkylation sites (tertiary alicyclic amines) is 1. The lowest BCUT2D eigenvalue weighted by Gasteiger charge is -2.16. The van der Waals surface area contributed by atoms with Crippen molar-refractivity contribution in [3.8, 4) is 0 Å². The third-order valence-electron chi connectivity index (χ3n) is 2.71. The second-order valence-electron chi connectivity index (χ2n) is 4.02. The molecule has 0 spiro atoms.